The average molecular weight is 285 g/mol. The number of benzene rings is 2. The summed E-state index contributed by atoms with van der Waals surface area (Å²) in [6.45, 7) is 1.90. The third-order valence-corrected chi connectivity index (χ3v) is 2.75. The predicted molar refractivity (Wildman–Crippen MR) is 78.9 cm³/mol. The smallest absolute Gasteiger partial charge is 0.358 e. The summed E-state index contributed by atoms with van der Waals surface area (Å²) >= 11 is 0. The molecule has 0 heterocycles. The molecule has 2 aromatic carbocycles. The van der Waals surface area contributed by atoms with E-state index in [9.17, 15) is 9.90 Å². The first-order chi connectivity index (χ1) is 10.1. The first kappa shape index (κ1) is 14.6. The molecular weight excluding hydrogens is 270 g/mol. The second kappa shape index (κ2) is 6.56. The molecule has 0 bridgehead atoms. The Balaban J connectivity index is 2.47. The third-order valence-electron chi connectivity index (χ3n) is 2.75. The van der Waals surface area contributed by atoms with Crippen molar-refractivity contribution in [3.8, 4) is 11.5 Å². The van der Waals surface area contributed by atoms with E-state index in [0.29, 0.717) is 17.1 Å². The molecule has 0 saturated carbocycles. The van der Waals surface area contributed by atoms with Crippen molar-refractivity contribution in [3.05, 3.63) is 59.7 Å². The fourth-order valence-electron chi connectivity index (χ4n) is 1.82. The van der Waals surface area contributed by atoms with Crippen LogP contribution in [0.4, 0.5) is 0 Å². The standard InChI is InChI=1S/C16H15NO4/c1-11-8-9-13(15(16(18)19)17-20-2)14(10-11)21-12-6-4-3-5-7-12/h3-10H,1-2H3,(H,18,19)/b17-15-. The van der Waals surface area contributed by atoms with Crippen molar-refractivity contribution in [3.63, 3.8) is 0 Å². The Kier molecular flexibility index (Phi) is 4.56. The third kappa shape index (κ3) is 3.60. The van der Waals surface area contributed by atoms with Gasteiger partial charge >= 0.3 is 5.97 Å². The first-order valence-corrected chi connectivity index (χ1v) is 6.30. The normalized spacial score (nSPS) is 11.0. The Bertz CT molecular complexity index is 665. The lowest BCUT2D eigenvalue weighted by Gasteiger charge is -2.11. The van der Waals surface area contributed by atoms with Gasteiger partial charge in [-0.05, 0) is 36.8 Å². The molecule has 0 unspecified atom stereocenters. The van der Waals surface area contributed by atoms with Gasteiger partial charge in [0.05, 0.1) is 5.56 Å². The SMILES string of the molecule is CO/N=C(\C(=O)O)c1ccc(C)cc1Oc1ccccc1. The minimum absolute atomic E-state index is 0.205. The summed E-state index contributed by atoms with van der Waals surface area (Å²) < 4.78 is 5.77. The average Bonchev–Trinajstić information content (AvgIpc) is 2.46. The molecule has 0 atom stereocenters. The Morgan fingerprint density at radius 2 is 1.86 bits per heavy atom. The fraction of sp³-hybridized carbons (Fsp3) is 0.125. The lowest BCUT2D eigenvalue weighted by atomic mass is 10.1. The van der Waals surface area contributed by atoms with Crippen LogP contribution in [0.15, 0.2) is 53.7 Å². The number of oxime groups is 1. The van der Waals surface area contributed by atoms with Crippen molar-refractivity contribution in [2.24, 2.45) is 5.16 Å². The van der Waals surface area contributed by atoms with Crippen LogP contribution in [0.3, 0.4) is 0 Å². The van der Waals surface area contributed by atoms with Crippen LogP contribution < -0.4 is 4.74 Å². The minimum atomic E-state index is -1.18. The summed E-state index contributed by atoms with van der Waals surface area (Å²) in [5, 5.41) is 12.8. The lowest BCUT2D eigenvalue weighted by Crippen LogP contribution is -2.16. The molecule has 2 rings (SSSR count). The summed E-state index contributed by atoms with van der Waals surface area (Å²) in [6.07, 6.45) is 0. The quantitative estimate of drug-likeness (QED) is 0.676. The Hall–Kier alpha value is -2.82. The molecule has 0 fully saturated rings. The molecule has 0 amide bonds. The maximum atomic E-state index is 11.3. The molecule has 2 aromatic rings. The number of para-hydroxylation sites is 1. The van der Waals surface area contributed by atoms with Crippen LogP contribution in [-0.4, -0.2) is 23.9 Å². The highest BCUT2D eigenvalue weighted by Gasteiger charge is 2.19. The van der Waals surface area contributed by atoms with Crippen LogP contribution in [0, 0.1) is 6.92 Å². The number of nitrogens with zero attached hydrogens (tertiary/aromatic N) is 1. The molecule has 5 heteroatoms. The number of hydrogen-bond acceptors (Lipinski definition) is 4. The van der Waals surface area contributed by atoms with Gasteiger partial charge in [0.25, 0.3) is 0 Å². The Morgan fingerprint density at radius 3 is 2.48 bits per heavy atom. The van der Waals surface area contributed by atoms with Gasteiger partial charge in [0.15, 0.2) is 5.71 Å². The minimum Gasteiger partial charge on any atom is -0.476 e. The van der Waals surface area contributed by atoms with Gasteiger partial charge in [-0.2, -0.15) is 0 Å². The second-order valence-electron chi connectivity index (χ2n) is 4.34. The Morgan fingerprint density at radius 1 is 1.14 bits per heavy atom. The van der Waals surface area contributed by atoms with Gasteiger partial charge in [-0.15, -0.1) is 0 Å². The number of hydrogen-bond donors (Lipinski definition) is 1. The second-order valence-corrected chi connectivity index (χ2v) is 4.34. The highest BCUT2D eigenvalue weighted by molar-refractivity contribution is 6.43. The van der Waals surface area contributed by atoms with Gasteiger partial charge in [0.2, 0.25) is 0 Å². The van der Waals surface area contributed by atoms with Gasteiger partial charge in [-0.3, -0.25) is 0 Å². The molecule has 0 saturated heterocycles. The highest BCUT2D eigenvalue weighted by Crippen LogP contribution is 2.27. The van der Waals surface area contributed by atoms with Crippen molar-refractivity contribution < 1.29 is 19.5 Å². The largest absolute Gasteiger partial charge is 0.476 e. The van der Waals surface area contributed by atoms with Crippen molar-refractivity contribution in [2.45, 2.75) is 6.92 Å². The van der Waals surface area contributed by atoms with Crippen LogP contribution in [0.2, 0.25) is 0 Å². The molecule has 0 aliphatic rings. The molecular formula is C16H15NO4. The molecule has 0 aliphatic heterocycles. The molecule has 1 N–H and O–H groups in total. The molecule has 108 valence electrons. The lowest BCUT2D eigenvalue weighted by molar-refractivity contribution is -0.129. The van der Waals surface area contributed by atoms with E-state index in [1.807, 2.05) is 25.1 Å². The fourth-order valence-corrected chi connectivity index (χ4v) is 1.82. The monoisotopic (exact) mass is 285 g/mol. The first-order valence-electron chi connectivity index (χ1n) is 6.30. The molecule has 0 aromatic heterocycles. The maximum Gasteiger partial charge on any atom is 0.358 e. The van der Waals surface area contributed by atoms with Crippen LogP contribution in [-0.2, 0) is 9.63 Å². The van der Waals surface area contributed by atoms with E-state index >= 15 is 0 Å². The Labute approximate surface area is 122 Å². The molecule has 0 radical (unpaired) electrons. The summed E-state index contributed by atoms with van der Waals surface area (Å²) in [7, 11) is 1.30. The number of carbonyl (C=O) groups is 1. The number of aliphatic carboxylic acids is 1. The number of ether oxygens (including phenoxy) is 1. The summed E-state index contributed by atoms with van der Waals surface area (Å²) in [5.74, 6) is -0.149. The summed E-state index contributed by atoms with van der Waals surface area (Å²) in [4.78, 5) is 15.9. The number of rotatable bonds is 5. The zero-order chi connectivity index (χ0) is 15.2. The van der Waals surface area contributed by atoms with E-state index in [1.54, 1.807) is 30.3 Å². The molecule has 0 spiro atoms. The van der Waals surface area contributed by atoms with Crippen LogP contribution >= 0.6 is 0 Å². The van der Waals surface area contributed by atoms with E-state index in [2.05, 4.69) is 9.99 Å². The predicted octanol–water partition coefficient (Wildman–Crippen LogP) is 3.22. The van der Waals surface area contributed by atoms with E-state index in [1.165, 1.54) is 7.11 Å². The van der Waals surface area contributed by atoms with E-state index in [-0.39, 0.29) is 5.71 Å². The van der Waals surface area contributed by atoms with Crippen molar-refractivity contribution in [1.82, 2.24) is 0 Å². The topological polar surface area (TPSA) is 68.1 Å². The molecule has 0 aliphatic carbocycles. The highest BCUT2D eigenvalue weighted by atomic mass is 16.6. The maximum absolute atomic E-state index is 11.3. The van der Waals surface area contributed by atoms with Crippen molar-refractivity contribution >= 4 is 11.7 Å². The number of carboxylic acids is 1. The van der Waals surface area contributed by atoms with Gasteiger partial charge < -0.3 is 14.7 Å². The van der Waals surface area contributed by atoms with Gasteiger partial charge in [-0.25, -0.2) is 4.79 Å². The summed E-state index contributed by atoms with van der Waals surface area (Å²) in [5.41, 5.74) is 1.11. The van der Waals surface area contributed by atoms with Crippen LogP contribution in [0.5, 0.6) is 11.5 Å². The van der Waals surface area contributed by atoms with Gasteiger partial charge in [0.1, 0.15) is 18.6 Å². The zero-order valence-corrected chi connectivity index (χ0v) is 11.7. The number of aryl methyl sites for hydroxylation is 1. The summed E-state index contributed by atoms with van der Waals surface area (Å²) in [6, 6.07) is 14.3. The van der Waals surface area contributed by atoms with Gasteiger partial charge in [-0.1, -0.05) is 29.4 Å². The van der Waals surface area contributed by atoms with E-state index < -0.39 is 5.97 Å². The van der Waals surface area contributed by atoms with Crippen molar-refractivity contribution in [2.75, 3.05) is 7.11 Å². The molecule has 21 heavy (non-hydrogen) atoms. The van der Waals surface area contributed by atoms with Crippen molar-refractivity contribution in [1.29, 1.82) is 0 Å². The van der Waals surface area contributed by atoms with Gasteiger partial charge in [0, 0.05) is 0 Å². The van der Waals surface area contributed by atoms with Crippen LogP contribution in [0.1, 0.15) is 11.1 Å². The van der Waals surface area contributed by atoms with E-state index in [4.69, 9.17) is 4.74 Å². The number of carboxylic acid groups (broad SMARTS) is 1. The van der Waals surface area contributed by atoms with Crippen LogP contribution in [0.25, 0.3) is 0 Å². The van der Waals surface area contributed by atoms with E-state index in [0.717, 1.165) is 5.56 Å². The molecule has 5 nitrogen and oxygen atoms in total. The zero-order valence-electron chi connectivity index (χ0n) is 11.7.